The van der Waals surface area contributed by atoms with Crippen LogP contribution in [0.1, 0.15) is 55.7 Å². The zero-order valence-electron chi connectivity index (χ0n) is 10.1. The van der Waals surface area contributed by atoms with Gasteiger partial charge in [-0.05, 0) is 20.3 Å². The highest BCUT2D eigenvalue weighted by Crippen LogP contribution is 2.27. The molecule has 17 heavy (non-hydrogen) atoms. The molecule has 6 heteroatoms. The van der Waals surface area contributed by atoms with Crippen LogP contribution in [0.2, 0.25) is 0 Å². The molecule has 4 nitrogen and oxygen atoms in total. The fourth-order valence-electron chi connectivity index (χ4n) is 1.48. The van der Waals surface area contributed by atoms with Crippen molar-refractivity contribution in [3.8, 4) is 0 Å². The predicted octanol–water partition coefficient (Wildman–Crippen LogP) is 2.97. The average Bonchev–Trinajstić information content (AvgIpc) is 2.72. The van der Waals surface area contributed by atoms with Crippen molar-refractivity contribution in [1.82, 2.24) is 9.78 Å². The molecule has 0 radical (unpaired) electrons. The van der Waals surface area contributed by atoms with E-state index in [1.807, 2.05) is 6.92 Å². The number of nitrogens with zero attached hydrogens (tertiary/aromatic N) is 2. The molecular weight excluding hydrogens is 230 g/mol. The van der Waals surface area contributed by atoms with Gasteiger partial charge in [0.05, 0.1) is 12.8 Å². The van der Waals surface area contributed by atoms with E-state index in [1.165, 1.54) is 4.68 Å². The van der Waals surface area contributed by atoms with Crippen molar-refractivity contribution < 1.29 is 18.3 Å². The summed E-state index contributed by atoms with van der Waals surface area (Å²) in [6, 6.07) is -0.179. The fourth-order valence-corrected chi connectivity index (χ4v) is 1.48. The van der Waals surface area contributed by atoms with Gasteiger partial charge in [0.2, 0.25) is 0 Å². The largest absolute Gasteiger partial charge is 0.462 e. The lowest BCUT2D eigenvalue weighted by Crippen LogP contribution is -2.13. The van der Waals surface area contributed by atoms with Crippen LogP contribution in [0.4, 0.5) is 8.78 Å². The number of ether oxygens (including phenoxy) is 1. The van der Waals surface area contributed by atoms with Crippen LogP contribution in [0.25, 0.3) is 0 Å². The first-order valence-electron chi connectivity index (χ1n) is 5.55. The number of carbonyl (C=O) groups excluding carboxylic acids is 1. The second-order valence-electron chi connectivity index (χ2n) is 3.67. The summed E-state index contributed by atoms with van der Waals surface area (Å²) >= 11 is 0. The summed E-state index contributed by atoms with van der Waals surface area (Å²) in [4.78, 5) is 11.5. The summed E-state index contributed by atoms with van der Waals surface area (Å²) < 4.78 is 31.8. The molecule has 0 aliphatic carbocycles. The van der Waals surface area contributed by atoms with Gasteiger partial charge < -0.3 is 4.74 Å². The van der Waals surface area contributed by atoms with E-state index in [0.29, 0.717) is 6.42 Å². The van der Waals surface area contributed by atoms with E-state index < -0.39 is 12.4 Å². The monoisotopic (exact) mass is 246 g/mol. The molecule has 1 aromatic rings. The third-order valence-corrected chi connectivity index (χ3v) is 2.54. The van der Waals surface area contributed by atoms with Gasteiger partial charge in [0.1, 0.15) is 11.3 Å². The molecule has 96 valence electrons. The lowest BCUT2D eigenvalue weighted by molar-refractivity contribution is 0.0513. The normalized spacial score (nSPS) is 12.8. The van der Waals surface area contributed by atoms with Gasteiger partial charge >= 0.3 is 5.97 Å². The minimum atomic E-state index is -2.74. The number of alkyl halides is 2. The summed E-state index contributed by atoms with van der Waals surface area (Å²) in [6.07, 6.45) is -0.944. The van der Waals surface area contributed by atoms with E-state index >= 15 is 0 Å². The van der Waals surface area contributed by atoms with Crippen LogP contribution in [0.15, 0.2) is 6.20 Å². The third-order valence-electron chi connectivity index (χ3n) is 2.54. The van der Waals surface area contributed by atoms with Crippen molar-refractivity contribution in [2.24, 2.45) is 0 Å². The smallest absolute Gasteiger partial charge is 0.341 e. The first-order valence-corrected chi connectivity index (χ1v) is 5.55. The van der Waals surface area contributed by atoms with Crippen molar-refractivity contribution in [2.45, 2.75) is 39.7 Å². The summed E-state index contributed by atoms with van der Waals surface area (Å²) in [5, 5.41) is 3.85. The highest BCUT2D eigenvalue weighted by molar-refractivity contribution is 5.90. The number of rotatable bonds is 5. The van der Waals surface area contributed by atoms with Gasteiger partial charge in [0.25, 0.3) is 6.43 Å². The Labute approximate surface area is 98.6 Å². The summed E-state index contributed by atoms with van der Waals surface area (Å²) in [7, 11) is 0. The quantitative estimate of drug-likeness (QED) is 0.750. The number of aromatic nitrogens is 2. The molecule has 0 amide bonds. The number of halogens is 2. The number of hydrogen-bond acceptors (Lipinski definition) is 3. The van der Waals surface area contributed by atoms with E-state index in [-0.39, 0.29) is 23.9 Å². The van der Waals surface area contributed by atoms with E-state index in [2.05, 4.69) is 5.10 Å². The highest BCUT2D eigenvalue weighted by Gasteiger charge is 2.26. The Hall–Kier alpha value is -1.46. The van der Waals surface area contributed by atoms with Crippen molar-refractivity contribution in [1.29, 1.82) is 0 Å². The van der Waals surface area contributed by atoms with Crippen molar-refractivity contribution in [2.75, 3.05) is 6.61 Å². The van der Waals surface area contributed by atoms with E-state index in [9.17, 15) is 13.6 Å². The minimum absolute atomic E-state index is 0.149. The molecule has 0 aliphatic heterocycles. The Balaban J connectivity index is 3.15. The molecule has 0 aliphatic rings. The predicted molar refractivity (Wildman–Crippen MR) is 58.1 cm³/mol. The summed E-state index contributed by atoms with van der Waals surface area (Å²) in [5.74, 6) is -0.752. The molecule has 0 spiro atoms. The second-order valence-corrected chi connectivity index (χ2v) is 3.67. The molecule has 0 bridgehead atoms. The van der Waals surface area contributed by atoms with Gasteiger partial charge in [-0.1, -0.05) is 6.92 Å². The second kappa shape index (κ2) is 5.75. The van der Waals surface area contributed by atoms with Crippen LogP contribution in [0.5, 0.6) is 0 Å². The lowest BCUT2D eigenvalue weighted by Gasteiger charge is -2.13. The maximum Gasteiger partial charge on any atom is 0.341 e. The Kier molecular flexibility index (Phi) is 4.60. The van der Waals surface area contributed by atoms with Crippen LogP contribution in [0.3, 0.4) is 0 Å². The Morgan fingerprint density at radius 2 is 2.18 bits per heavy atom. The number of esters is 1. The Morgan fingerprint density at radius 3 is 2.65 bits per heavy atom. The molecule has 0 aromatic carbocycles. The molecule has 0 N–H and O–H groups in total. The fraction of sp³-hybridized carbons (Fsp3) is 0.636. The molecule has 1 unspecified atom stereocenters. The van der Waals surface area contributed by atoms with E-state index in [4.69, 9.17) is 4.74 Å². The molecular formula is C11H16F2N2O2. The SMILES string of the molecule is CCOC(=O)c1cnn(C(C)CC)c1C(F)F. The molecule has 0 fully saturated rings. The average molecular weight is 246 g/mol. The zero-order valence-corrected chi connectivity index (χ0v) is 10.1. The summed E-state index contributed by atoms with van der Waals surface area (Å²) in [5.41, 5.74) is -0.514. The molecule has 0 saturated carbocycles. The van der Waals surface area contributed by atoms with Crippen molar-refractivity contribution in [3.63, 3.8) is 0 Å². The van der Waals surface area contributed by atoms with Crippen LogP contribution in [-0.4, -0.2) is 22.4 Å². The zero-order chi connectivity index (χ0) is 13.0. The topological polar surface area (TPSA) is 44.1 Å². The maximum atomic E-state index is 13.0. The van der Waals surface area contributed by atoms with Gasteiger partial charge in [-0.25, -0.2) is 13.6 Å². The van der Waals surface area contributed by atoms with Crippen molar-refractivity contribution in [3.05, 3.63) is 17.5 Å². The Morgan fingerprint density at radius 1 is 1.53 bits per heavy atom. The molecule has 0 saturated heterocycles. The third kappa shape index (κ3) is 2.81. The van der Waals surface area contributed by atoms with Gasteiger partial charge in [-0.3, -0.25) is 4.68 Å². The molecule has 1 rings (SSSR count). The van der Waals surface area contributed by atoms with Crippen LogP contribution in [0, 0.1) is 0 Å². The van der Waals surface area contributed by atoms with E-state index in [0.717, 1.165) is 6.20 Å². The minimum Gasteiger partial charge on any atom is -0.462 e. The lowest BCUT2D eigenvalue weighted by atomic mass is 10.2. The van der Waals surface area contributed by atoms with Crippen LogP contribution >= 0.6 is 0 Å². The van der Waals surface area contributed by atoms with E-state index in [1.54, 1.807) is 13.8 Å². The standard InChI is InChI=1S/C11H16F2N2O2/c1-4-7(3)15-9(10(12)13)8(6-14-15)11(16)17-5-2/h6-7,10H,4-5H2,1-3H3. The Bertz CT molecular complexity index is 391. The van der Waals surface area contributed by atoms with Gasteiger partial charge in [0, 0.05) is 6.04 Å². The molecule has 1 aromatic heterocycles. The first-order chi connectivity index (χ1) is 8.02. The first kappa shape index (κ1) is 13.6. The van der Waals surface area contributed by atoms with Crippen LogP contribution < -0.4 is 0 Å². The van der Waals surface area contributed by atoms with Gasteiger partial charge in [0.15, 0.2) is 0 Å². The number of hydrogen-bond donors (Lipinski definition) is 0. The van der Waals surface area contributed by atoms with Gasteiger partial charge in [-0.2, -0.15) is 5.10 Å². The van der Waals surface area contributed by atoms with Crippen LogP contribution in [-0.2, 0) is 4.74 Å². The highest BCUT2D eigenvalue weighted by atomic mass is 19.3. The number of carbonyl (C=O) groups is 1. The maximum absolute atomic E-state index is 13.0. The summed E-state index contributed by atoms with van der Waals surface area (Å²) in [6.45, 7) is 5.41. The van der Waals surface area contributed by atoms with Crippen molar-refractivity contribution >= 4 is 5.97 Å². The van der Waals surface area contributed by atoms with Gasteiger partial charge in [-0.15, -0.1) is 0 Å². The molecule has 1 heterocycles. The molecule has 1 atom stereocenters.